The van der Waals surface area contributed by atoms with Crippen LogP contribution in [0, 0.1) is 0 Å². The lowest BCUT2D eigenvalue weighted by Crippen LogP contribution is -2.38. The van der Waals surface area contributed by atoms with Gasteiger partial charge in [-0.25, -0.2) is 0 Å². The summed E-state index contributed by atoms with van der Waals surface area (Å²) >= 11 is 3.23. The summed E-state index contributed by atoms with van der Waals surface area (Å²) in [5.74, 6) is -0.423. The number of carbonyl (C=O) groups is 1. The Morgan fingerprint density at radius 2 is 1.94 bits per heavy atom. The van der Waals surface area contributed by atoms with E-state index < -0.39 is 24.9 Å². The van der Waals surface area contributed by atoms with Gasteiger partial charge in [-0.2, -0.15) is 13.2 Å². The Kier molecular flexibility index (Phi) is 7.03. The standard InChI is InChI=1S/C10H17BrF3NO/c1-8(2)15(7-3-6-11)9(16)4-5-10(12,13)14/h8H,3-7H2,1-2H3. The van der Waals surface area contributed by atoms with E-state index in [0.717, 1.165) is 11.8 Å². The van der Waals surface area contributed by atoms with Crippen molar-refractivity contribution in [3.05, 3.63) is 0 Å². The van der Waals surface area contributed by atoms with Crippen molar-refractivity contribution in [3.8, 4) is 0 Å². The number of alkyl halides is 4. The van der Waals surface area contributed by atoms with Gasteiger partial charge in [0.15, 0.2) is 0 Å². The molecule has 0 N–H and O–H groups in total. The number of hydrogen-bond donors (Lipinski definition) is 0. The third-order valence-corrected chi connectivity index (χ3v) is 2.66. The summed E-state index contributed by atoms with van der Waals surface area (Å²) in [6.45, 7) is 4.11. The molecule has 2 nitrogen and oxygen atoms in total. The van der Waals surface area contributed by atoms with Gasteiger partial charge in [0.1, 0.15) is 0 Å². The fourth-order valence-electron chi connectivity index (χ4n) is 1.29. The molecular weight excluding hydrogens is 287 g/mol. The number of carbonyl (C=O) groups excluding carboxylic acids is 1. The van der Waals surface area contributed by atoms with Crippen LogP contribution in [-0.2, 0) is 4.79 Å². The van der Waals surface area contributed by atoms with Crippen molar-refractivity contribution in [3.63, 3.8) is 0 Å². The summed E-state index contributed by atoms with van der Waals surface area (Å²) in [4.78, 5) is 13.0. The van der Waals surface area contributed by atoms with Crippen LogP contribution in [0.2, 0.25) is 0 Å². The van der Waals surface area contributed by atoms with Gasteiger partial charge in [-0.05, 0) is 20.3 Å². The van der Waals surface area contributed by atoms with Crippen molar-refractivity contribution in [2.45, 2.75) is 45.3 Å². The van der Waals surface area contributed by atoms with E-state index in [1.54, 1.807) is 13.8 Å². The molecule has 0 bridgehead atoms. The molecule has 0 aliphatic rings. The molecule has 0 saturated heterocycles. The van der Waals surface area contributed by atoms with Crippen LogP contribution >= 0.6 is 15.9 Å². The van der Waals surface area contributed by atoms with E-state index in [1.165, 1.54) is 4.90 Å². The summed E-state index contributed by atoms with van der Waals surface area (Å²) in [5.41, 5.74) is 0. The highest BCUT2D eigenvalue weighted by molar-refractivity contribution is 9.09. The van der Waals surface area contributed by atoms with Crippen LogP contribution in [0.25, 0.3) is 0 Å². The van der Waals surface area contributed by atoms with Crippen LogP contribution in [0.1, 0.15) is 33.1 Å². The molecule has 0 aromatic heterocycles. The molecule has 0 saturated carbocycles. The molecule has 0 fully saturated rings. The maximum Gasteiger partial charge on any atom is 0.389 e. The van der Waals surface area contributed by atoms with Crippen LogP contribution in [0.3, 0.4) is 0 Å². The van der Waals surface area contributed by atoms with Gasteiger partial charge in [-0.1, -0.05) is 15.9 Å². The third kappa shape index (κ3) is 7.09. The third-order valence-electron chi connectivity index (χ3n) is 2.10. The van der Waals surface area contributed by atoms with Gasteiger partial charge in [0.25, 0.3) is 0 Å². The molecule has 0 atom stereocenters. The van der Waals surface area contributed by atoms with Crippen LogP contribution in [0.5, 0.6) is 0 Å². The predicted octanol–water partition coefficient (Wildman–Crippen LogP) is 3.35. The van der Waals surface area contributed by atoms with Crippen LogP contribution in [-0.4, -0.2) is 34.9 Å². The van der Waals surface area contributed by atoms with E-state index in [9.17, 15) is 18.0 Å². The molecule has 1 amide bonds. The second-order valence-corrected chi connectivity index (χ2v) is 4.63. The van der Waals surface area contributed by atoms with Gasteiger partial charge in [0, 0.05) is 24.3 Å². The average molecular weight is 304 g/mol. The van der Waals surface area contributed by atoms with Gasteiger partial charge in [0.2, 0.25) is 5.91 Å². The molecule has 0 aliphatic carbocycles. The molecule has 0 aliphatic heterocycles. The maximum atomic E-state index is 12.0. The van der Waals surface area contributed by atoms with Crippen molar-refractivity contribution in [2.75, 3.05) is 11.9 Å². The second kappa shape index (κ2) is 7.14. The number of amides is 1. The predicted molar refractivity (Wildman–Crippen MR) is 60.5 cm³/mol. The lowest BCUT2D eigenvalue weighted by Gasteiger charge is -2.26. The minimum atomic E-state index is -4.26. The average Bonchev–Trinajstić information content (AvgIpc) is 2.13. The summed E-state index contributed by atoms with van der Waals surface area (Å²) in [6.07, 6.45) is -5.00. The zero-order valence-electron chi connectivity index (χ0n) is 9.48. The number of nitrogens with zero attached hydrogens (tertiary/aromatic N) is 1. The zero-order valence-corrected chi connectivity index (χ0v) is 11.1. The largest absolute Gasteiger partial charge is 0.389 e. The van der Waals surface area contributed by atoms with Crippen LogP contribution < -0.4 is 0 Å². The van der Waals surface area contributed by atoms with Crippen LogP contribution in [0.4, 0.5) is 13.2 Å². The molecule has 16 heavy (non-hydrogen) atoms. The van der Waals surface area contributed by atoms with Crippen LogP contribution in [0.15, 0.2) is 0 Å². The Labute approximate surface area is 102 Å². The van der Waals surface area contributed by atoms with Crippen molar-refractivity contribution in [1.82, 2.24) is 4.90 Å². The molecule has 0 aromatic rings. The highest BCUT2D eigenvalue weighted by atomic mass is 79.9. The first-order valence-electron chi connectivity index (χ1n) is 5.20. The summed E-state index contributed by atoms with van der Waals surface area (Å²) in [5, 5.41) is 0.739. The Hall–Kier alpha value is -0.260. The second-order valence-electron chi connectivity index (χ2n) is 3.84. The van der Waals surface area contributed by atoms with Gasteiger partial charge in [0.05, 0.1) is 6.42 Å². The van der Waals surface area contributed by atoms with E-state index >= 15 is 0 Å². The Morgan fingerprint density at radius 3 is 2.31 bits per heavy atom. The van der Waals surface area contributed by atoms with E-state index in [2.05, 4.69) is 15.9 Å². The van der Waals surface area contributed by atoms with Crippen molar-refractivity contribution in [2.24, 2.45) is 0 Å². The van der Waals surface area contributed by atoms with Gasteiger partial charge < -0.3 is 4.90 Å². The van der Waals surface area contributed by atoms with E-state index in [1.807, 2.05) is 0 Å². The molecule has 96 valence electrons. The first-order chi connectivity index (χ1) is 7.28. The molecule has 0 spiro atoms. The Morgan fingerprint density at radius 1 is 1.38 bits per heavy atom. The quantitative estimate of drug-likeness (QED) is 0.689. The van der Waals surface area contributed by atoms with Crippen molar-refractivity contribution < 1.29 is 18.0 Å². The molecule has 0 rings (SSSR count). The summed E-state index contributed by atoms with van der Waals surface area (Å²) in [7, 11) is 0. The minimum absolute atomic E-state index is 0.0558. The molecule has 0 aromatic carbocycles. The SMILES string of the molecule is CC(C)N(CCCBr)C(=O)CCC(F)(F)F. The van der Waals surface area contributed by atoms with E-state index in [4.69, 9.17) is 0 Å². The summed E-state index contributed by atoms with van der Waals surface area (Å²) in [6, 6.07) is -0.0558. The first kappa shape index (κ1) is 15.7. The molecule has 0 radical (unpaired) electrons. The van der Waals surface area contributed by atoms with Gasteiger partial charge in [-0.3, -0.25) is 4.79 Å². The smallest absolute Gasteiger partial charge is 0.340 e. The fourth-order valence-corrected chi connectivity index (χ4v) is 1.54. The minimum Gasteiger partial charge on any atom is -0.340 e. The highest BCUT2D eigenvalue weighted by Gasteiger charge is 2.29. The molecule has 6 heteroatoms. The lowest BCUT2D eigenvalue weighted by atomic mass is 10.2. The number of halogens is 4. The van der Waals surface area contributed by atoms with Gasteiger partial charge in [-0.15, -0.1) is 0 Å². The zero-order chi connectivity index (χ0) is 12.8. The Bertz CT molecular complexity index is 219. The van der Waals surface area contributed by atoms with E-state index in [0.29, 0.717) is 6.54 Å². The fraction of sp³-hybridized carbons (Fsp3) is 0.900. The van der Waals surface area contributed by atoms with Crippen molar-refractivity contribution >= 4 is 21.8 Å². The number of rotatable bonds is 6. The molecular formula is C10H17BrF3NO. The van der Waals surface area contributed by atoms with Gasteiger partial charge >= 0.3 is 6.18 Å². The normalized spacial score (nSPS) is 11.9. The number of hydrogen-bond acceptors (Lipinski definition) is 1. The lowest BCUT2D eigenvalue weighted by molar-refractivity contribution is -0.150. The monoisotopic (exact) mass is 303 g/mol. The van der Waals surface area contributed by atoms with E-state index in [-0.39, 0.29) is 6.04 Å². The highest BCUT2D eigenvalue weighted by Crippen LogP contribution is 2.22. The molecule has 0 unspecified atom stereocenters. The topological polar surface area (TPSA) is 20.3 Å². The van der Waals surface area contributed by atoms with Crippen molar-refractivity contribution in [1.29, 1.82) is 0 Å². The summed E-state index contributed by atoms with van der Waals surface area (Å²) < 4.78 is 35.9. The molecule has 0 heterocycles. The first-order valence-corrected chi connectivity index (χ1v) is 6.32. The maximum absolute atomic E-state index is 12.0. The Balaban J connectivity index is 4.17.